The van der Waals surface area contributed by atoms with Crippen LogP contribution in [0, 0.1) is 0 Å². The first-order valence-corrected chi connectivity index (χ1v) is 6.17. The van der Waals surface area contributed by atoms with Crippen LogP contribution < -0.4 is 0 Å². The fourth-order valence-corrected chi connectivity index (χ4v) is 1.81. The zero-order valence-corrected chi connectivity index (χ0v) is 11.0. The van der Waals surface area contributed by atoms with Crippen molar-refractivity contribution in [3.63, 3.8) is 0 Å². The van der Waals surface area contributed by atoms with Crippen LogP contribution in [-0.2, 0) is 4.74 Å². The number of carbonyl (C=O) groups is 1. The van der Waals surface area contributed by atoms with Crippen LogP contribution in [0.1, 0.15) is 36.5 Å². The maximum Gasteiger partial charge on any atom is 0.342 e. The molecular weight excluding hydrogens is 263 g/mol. The Kier molecular flexibility index (Phi) is 5.59. The standard InChI is InChI=1S/C12H14Cl2O3/c1-2-3-4-5-17-12(16)9-6-8(13)7-10(14)11(9)15/h6-7,15H,2-5H2,1H3. The fraction of sp³-hybridized carbons (Fsp3) is 0.417. The van der Waals surface area contributed by atoms with E-state index in [2.05, 4.69) is 6.92 Å². The van der Waals surface area contributed by atoms with Crippen molar-refractivity contribution < 1.29 is 14.6 Å². The van der Waals surface area contributed by atoms with Gasteiger partial charge in [-0.15, -0.1) is 0 Å². The molecule has 0 bridgehead atoms. The van der Waals surface area contributed by atoms with Gasteiger partial charge in [-0.2, -0.15) is 0 Å². The summed E-state index contributed by atoms with van der Waals surface area (Å²) in [5.74, 6) is -0.903. The number of rotatable bonds is 5. The van der Waals surface area contributed by atoms with Crippen LogP contribution in [0.2, 0.25) is 10.0 Å². The van der Waals surface area contributed by atoms with Crippen molar-refractivity contribution in [2.75, 3.05) is 6.61 Å². The quantitative estimate of drug-likeness (QED) is 0.652. The minimum absolute atomic E-state index is 0.000927. The van der Waals surface area contributed by atoms with Gasteiger partial charge in [0.1, 0.15) is 11.3 Å². The van der Waals surface area contributed by atoms with Gasteiger partial charge >= 0.3 is 5.97 Å². The van der Waals surface area contributed by atoms with Crippen molar-refractivity contribution in [2.45, 2.75) is 26.2 Å². The Morgan fingerprint density at radius 1 is 1.35 bits per heavy atom. The SMILES string of the molecule is CCCCCOC(=O)c1cc(Cl)cc(Cl)c1O. The number of phenolic OH excluding ortho intramolecular Hbond substituents is 1. The van der Waals surface area contributed by atoms with Gasteiger partial charge in [0, 0.05) is 5.02 Å². The van der Waals surface area contributed by atoms with Gasteiger partial charge in [0.25, 0.3) is 0 Å². The molecule has 0 spiro atoms. The highest BCUT2D eigenvalue weighted by atomic mass is 35.5. The van der Waals surface area contributed by atoms with E-state index in [1.165, 1.54) is 12.1 Å². The molecule has 0 heterocycles. The Hall–Kier alpha value is -0.930. The molecule has 1 aromatic rings. The van der Waals surface area contributed by atoms with E-state index in [-0.39, 0.29) is 21.4 Å². The number of halogens is 2. The van der Waals surface area contributed by atoms with Crippen LogP contribution in [0.3, 0.4) is 0 Å². The maximum atomic E-state index is 11.6. The van der Waals surface area contributed by atoms with E-state index in [0.29, 0.717) is 6.61 Å². The topological polar surface area (TPSA) is 46.5 Å². The van der Waals surface area contributed by atoms with Crippen LogP contribution in [-0.4, -0.2) is 17.7 Å². The highest BCUT2D eigenvalue weighted by Gasteiger charge is 2.16. The van der Waals surface area contributed by atoms with E-state index in [1.807, 2.05) is 0 Å². The summed E-state index contributed by atoms with van der Waals surface area (Å²) in [6.07, 6.45) is 2.85. The van der Waals surface area contributed by atoms with E-state index in [4.69, 9.17) is 27.9 Å². The van der Waals surface area contributed by atoms with Crippen LogP contribution in [0.25, 0.3) is 0 Å². The van der Waals surface area contributed by atoms with Crippen molar-refractivity contribution in [3.8, 4) is 5.75 Å². The average Bonchev–Trinajstić information content (AvgIpc) is 2.29. The lowest BCUT2D eigenvalue weighted by atomic mass is 10.2. The molecular formula is C12H14Cl2O3. The van der Waals surface area contributed by atoms with Crippen molar-refractivity contribution in [2.24, 2.45) is 0 Å². The number of esters is 1. The summed E-state index contributed by atoms with van der Waals surface area (Å²) in [5.41, 5.74) is -0.000927. The number of phenols is 1. The number of carbonyl (C=O) groups excluding carboxylic acids is 1. The van der Waals surface area contributed by atoms with Gasteiger partial charge in [0.2, 0.25) is 0 Å². The summed E-state index contributed by atoms with van der Waals surface area (Å²) in [5, 5.41) is 9.93. The number of hydrogen-bond donors (Lipinski definition) is 1. The van der Waals surface area contributed by atoms with Gasteiger partial charge in [-0.05, 0) is 18.6 Å². The van der Waals surface area contributed by atoms with Gasteiger partial charge in [0.15, 0.2) is 0 Å². The van der Waals surface area contributed by atoms with Gasteiger partial charge in [-0.25, -0.2) is 4.79 Å². The molecule has 0 aliphatic heterocycles. The molecule has 5 heteroatoms. The van der Waals surface area contributed by atoms with E-state index < -0.39 is 5.97 Å². The Labute approximate surface area is 110 Å². The van der Waals surface area contributed by atoms with Crippen molar-refractivity contribution in [1.82, 2.24) is 0 Å². The lowest BCUT2D eigenvalue weighted by Crippen LogP contribution is -2.07. The molecule has 0 atom stereocenters. The molecule has 0 amide bonds. The molecule has 3 nitrogen and oxygen atoms in total. The van der Waals surface area contributed by atoms with Crippen molar-refractivity contribution >= 4 is 29.2 Å². The predicted octanol–water partition coefficient (Wildman–Crippen LogP) is 4.05. The summed E-state index contributed by atoms with van der Waals surface area (Å²) >= 11 is 11.5. The maximum absolute atomic E-state index is 11.6. The molecule has 1 aromatic carbocycles. The zero-order chi connectivity index (χ0) is 12.8. The second-order valence-electron chi connectivity index (χ2n) is 3.63. The Balaban J connectivity index is 2.69. The van der Waals surface area contributed by atoms with Crippen LogP contribution >= 0.6 is 23.2 Å². The van der Waals surface area contributed by atoms with E-state index >= 15 is 0 Å². The second-order valence-corrected chi connectivity index (χ2v) is 4.47. The zero-order valence-electron chi connectivity index (χ0n) is 9.50. The molecule has 0 saturated heterocycles. The van der Waals surface area contributed by atoms with Crippen molar-refractivity contribution in [3.05, 3.63) is 27.7 Å². The van der Waals surface area contributed by atoms with E-state index in [0.717, 1.165) is 19.3 Å². The van der Waals surface area contributed by atoms with Crippen LogP contribution in [0.4, 0.5) is 0 Å². The third-order valence-corrected chi connectivity index (χ3v) is 2.74. The smallest absolute Gasteiger partial charge is 0.342 e. The Morgan fingerprint density at radius 2 is 2.06 bits per heavy atom. The first-order valence-electron chi connectivity index (χ1n) is 5.41. The number of ether oxygens (including phenoxy) is 1. The van der Waals surface area contributed by atoms with E-state index in [1.54, 1.807) is 0 Å². The molecule has 0 radical (unpaired) electrons. The minimum Gasteiger partial charge on any atom is -0.505 e. The summed E-state index contributed by atoms with van der Waals surface area (Å²) < 4.78 is 5.00. The summed E-state index contributed by atoms with van der Waals surface area (Å²) in [4.78, 5) is 11.6. The molecule has 0 aliphatic rings. The summed E-state index contributed by atoms with van der Waals surface area (Å²) in [6, 6.07) is 2.71. The third kappa shape index (κ3) is 4.10. The normalized spacial score (nSPS) is 10.3. The molecule has 0 aliphatic carbocycles. The lowest BCUT2D eigenvalue weighted by molar-refractivity contribution is 0.0495. The second kappa shape index (κ2) is 6.72. The van der Waals surface area contributed by atoms with Gasteiger partial charge in [-0.3, -0.25) is 0 Å². The number of unbranched alkanes of at least 4 members (excludes halogenated alkanes) is 2. The highest BCUT2D eigenvalue weighted by molar-refractivity contribution is 6.36. The first-order chi connectivity index (χ1) is 8.06. The average molecular weight is 277 g/mol. The summed E-state index contributed by atoms with van der Waals surface area (Å²) in [7, 11) is 0. The van der Waals surface area contributed by atoms with Gasteiger partial charge in [0.05, 0.1) is 11.6 Å². The molecule has 0 aromatic heterocycles. The molecule has 1 N–H and O–H groups in total. The lowest BCUT2D eigenvalue weighted by Gasteiger charge is -2.07. The van der Waals surface area contributed by atoms with Crippen LogP contribution in [0.5, 0.6) is 5.75 Å². The molecule has 0 fully saturated rings. The minimum atomic E-state index is -0.608. The number of hydrogen-bond acceptors (Lipinski definition) is 3. The fourth-order valence-electron chi connectivity index (χ4n) is 1.32. The molecule has 0 saturated carbocycles. The number of benzene rings is 1. The Bertz CT molecular complexity index is 405. The largest absolute Gasteiger partial charge is 0.505 e. The molecule has 1 rings (SSSR count). The van der Waals surface area contributed by atoms with Gasteiger partial charge in [-0.1, -0.05) is 43.0 Å². The molecule has 94 valence electrons. The van der Waals surface area contributed by atoms with Crippen LogP contribution in [0.15, 0.2) is 12.1 Å². The molecule has 0 unspecified atom stereocenters. The van der Waals surface area contributed by atoms with E-state index in [9.17, 15) is 9.90 Å². The molecule has 17 heavy (non-hydrogen) atoms. The third-order valence-electron chi connectivity index (χ3n) is 2.23. The number of aromatic hydroxyl groups is 1. The highest BCUT2D eigenvalue weighted by Crippen LogP contribution is 2.31. The first kappa shape index (κ1) is 14.1. The van der Waals surface area contributed by atoms with Crippen molar-refractivity contribution in [1.29, 1.82) is 0 Å². The van der Waals surface area contributed by atoms with Gasteiger partial charge < -0.3 is 9.84 Å². The Morgan fingerprint density at radius 3 is 2.71 bits per heavy atom. The summed E-state index contributed by atoms with van der Waals surface area (Å²) in [6.45, 7) is 2.39. The predicted molar refractivity (Wildman–Crippen MR) is 67.9 cm³/mol. The monoisotopic (exact) mass is 276 g/mol.